The standard InChI is InChI=1S/C15H19N3S/c1-9(2)15-17-13(16)8-14(18-15)19-12-7-10(3)5-6-11(12)4/h5-9H,1-4H3,(H2,16,17,18). The number of nitrogen functional groups attached to an aromatic ring is 1. The zero-order chi connectivity index (χ0) is 14.0. The monoisotopic (exact) mass is 273 g/mol. The molecule has 2 rings (SSSR count). The molecule has 0 saturated heterocycles. The molecule has 0 aliphatic rings. The second kappa shape index (κ2) is 5.61. The van der Waals surface area contributed by atoms with Crippen LogP contribution in [0.15, 0.2) is 34.2 Å². The molecule has 0 unspecified atom stereocenters. The zero-order valence-corrected chi connectivity index (χ0v) is 12.6. The van der Waals surface area contributed by atoms with Crippen LogP contribution in [-0.4, -0.2) is 9.97 Å². The minimum absolute atomic E-state index is 0.279. The Morgan fingerprint density at radius 1 is 1.11 bits per heavy atom. The lowest BCUT2D eigenvalue weighted by Crippen LogP contribution is -2.02. The summed E-state index contributed by atoms with van der Waals surface area (Å²) in [7, 11) is 0. The van der Waals surface area contributed by atoms with Crippen molar-refractivity contribution in [2.24, 2.45) is 0 Å². The third-order valence-electron chi connectivity index (χ3n) is 2.81. The van der Waals surface area contributed by atoms with Crippen LogP contribution in [0.25, 0.3) is 0 Å². The highest BCUT2D eigenvalue weighted by Gasteiger charge is 2.09. The van der Waals surface area contributed by atoms with Crippen molar-refractivity contribution in [3.05, 3.63) is 41.2 Å². The van der Waals surface area contributed by atoms with E-state index in [9.17, 15) is 0 Å². The van der Waals surface area contributed by atoms with E-state index in [4.69, 9.17) is 5.73 Å². The molecule has 100 valence electrons. The molecule has 1 aromatic heterocycles. The minimum Gasteiger partial charge on any atom is -0.384 e. The van der Waals surface area contributed by atoms with E-state index in [0.29, 0.717) is 5.82 Å². The summed E-state index contributed by atoms with van der Waals surface area (Å²) in [5.41, 5.74) is 8.35. The highest BCUT2D eigenvalue weighted by Crippen LogP contribution is 2.31. The van der Waals surface area contributed by atoms with Gasteiger partial charge in [0.25, 0.3) is 0 Å². The van der Waals surface area contributed by atoms with Crippen LogP contribution in [0.4, 0.5) is 5.82 Å². The van der Waals surface area contributed by atoms with E-state index < -0.39 is 0 Å². The van der Waals surface area contributed by atoms with Crippen molar-refractivity contribution in [1.82, 2.24) is 9.97 Å². The zero-order valence-electron chi connectivity index (χ0n) is 11.8. The van der Waals surface area contributed by atoms with E-state index in [0.717, 1.165) is 10.9 Å². The smallest absolute Gasteiger partial charge is 0.134 e. The van der Waals surface area contributed by atoms with E-state index >= 15 is 0 Å². The van der Waals surface area contributed by atoms with Gasteiger partial charge in [-0.2, -0.15) is 0 Å². The Morgan fingerprint density at radius 3 is 2.53 bits per heavy atom. The summed E-state index contributed by atoms with van der Waals surface area (Å²) in [6.45, 7) is 8.34. The Morgan fingerprint density at radius 2 is 1.84 bits per heavy atom. The first-order valence-corrected chi connectivity index (χ1v) is 7.17. The number of hydrogen-bond acceptors (Lipinski definition) is 4. The van der Waals surface area contributed by atoms with Gasteiger partial charge in [0.1, 0.15) is 16.7 Å². The molecule has 3 nitrogen and oxygen atoms in total. The Labute approximate surface area is 118 Å². The van der Waals surface area contributed by atoms with Gasteiger partial charge in [0.15, 0.2) is 0 Å². The van der Waals surface area contributed by atoms with Crippen LogP contribution in [0, 0.1) is 13.8 Å². The van der Waals surface area contributed by atoms with E-state index in [1.54, 1.807) is 11.8 Å². The van der Waals surface area contributed by atoms with Crippen molar-refractivity contribution in [3.63, 3.8) is 0 Å². The molecule has 0 radical (unpaired) electrons. The summed E-state index contributed by atoms with van der Waals surface area (Å²) >= 11 is 1.64. The van der Waals surface area contributed by atoms with Crippen LogP contribution in [-0.2, 0) is 0 Å². The highest BCUT2D eigenvalue weighted by molar-refractivity contribution is 7.99. The molecule has 4 heteroatoms. The molecular weight excluding hydrogens is 254 g/mol. The van der Waals surface area contributed by atoms with Crippen LogP contribution in [0.5, 0.6) is 0 Å². The fraction of sp³-hybridized carbons (Fsp3) is 0.333. The molecular formula is C15H19N3S. The first kappa shape index (κ1) is 13.9. The van der Waals surface area contributed by atoms with E-state index in [1.165, 1.54) is 16.0 Å². The maximum Gasteiger partial charge on any atom is 0.134 e. The largest absolute Gasteiger partial charge is 0.384 e. The van der Waals surface area contributed by atoms with Crippen molar-refractivity contribution in [3.8, 4) is 0 Å². The number of nitrogens with zero attached hydrogens (tertiary/aromatic N) is 2. The molecule has 0 aliphatic carbocycles. The van der Waals surface area contributed by atoms with Gasteiger partial charge in [-0.15, -0.1) is 0 Å². The third kappa shape index (κ3) is 3.47. The SMILES string of the molecule is Cc1ccc(C)c(Sc2cc(N)nc(C(C)C)n2)c1. The van der Waals surface area contributed by atoms with Crippen LogP contribution in [0.1, 0.15) is 36.7 Å². The first-order chi connectivity index (χ1) is 8.95. The molecule has 0 spiro atoms. The van der Waals surface area contributed by atoms with Crippen LogP contribution in [0.2, 0.25) is 0 Å². The van der Waals surface area contributed by atoms with Crippen LogP contribution < -0.4 is 5.73 Å². The van der Waals surface area contributed by atoms with Gasteiger partial charge in [0.2, 0.25) is 0 Å². The van der Waals surface area contributed by atoms with Gasteiger partial charge in [-0.25, -0.2) is 9.97 Å². The maximum absolute atomic E-state index is 5.85. The lowest BCUT2D eigenvalue weighted by molar-refractivity contribution is 0.756. The fourth-order valence-electron chi connectivity index (χ4n) is 1.70. The van der Waals surface area contributed by atoms with E-state index in [2.05, 4.69) is 55.9 Å². The molecule has 0 amide bonds. The summed E-state index contributed by atoms with van der Waals surface area (Å²) in [5, 5.41) is 0.907. The summed E-state index contributed by atoms with van der Waals surface area (Å²) in [4.78, 5) is 10.1. The molecule has 0 bridgehead atoms. The minimum atomic E-state index is 0.279. The first-order valence-electron chi connectivity index (χ1n) is 6.35. The maximum atomic E-state index is 5.85. The second-order valence-electron chi connectivity index (χ2n) is 5.01. The van der Waals surface area contributed by atoms with Gasteiger partial charge in [0, 0.05) is 16.9 Å². The number of benzene rings is 1. The van der Waals surface area contributed by atoms with Crippen molar-refractivity contribution in [1.29, 1.82) is 0 Å². The van der Waals surface area contributed by atoms with Gasteiger partial charge in [-0.1, -0.05) is 37.7 Å². The normalized spacial score (nSPS) is 11.0. The predicted octanol–water partition coefficient (Wildman–Crippen LogP) is 3.95. The number of aromatic nitrogens is 2. The molecule has 19 heavy (non-hydrogen) atoms. The van der Waals surface area contributed by atoms with Gasteiger partial charge in [-0.3, -0.25) is 0 Å². The van der Waals surface area contributed by atoms with Gasteiger partial charge in [0.05, 0.1) is 0 Å². The van der Waals surface area contributed by atoms with Gasteiger partial charge >= 0.3 is 0 Å². The Kier molecular flexibility index (Phi) is 4.10. The number of rotatable bonds is 3. The second-order valence-corrected chi connectivity index (χ2v) is 6.08. The Hall–Kier alpha value is -1.55. The molecule has 2 aromatic rings. The van der Waals surface area contributed by atoms with Crippen molar-refractivity contribution in [2.45, 2.75) is 43.5 Å². The molecule has 2 N–H and O–H groups in total. The Bertz CT molecular complexity index is 594. The summed E-state index contributed by atoms with van der Waals surface area (Å²) in [6.07, 6.45) is 0. The molecule has 0 aliphatic heterocycles. The van der Waals surface area contributed by atoms with E-state index in [-0.39, 0.29) is 5.92 Å². The predicted molar refractivity (Wildman–Crippen MR) is 80.6 cm³/mol. The average molecular weight is 273 g/mol. The van der Waals surface area contributed by atoms with Crippen LogP contribution >= 0.6 is 11.8 Å². The summed E-state index contributed by atoms with van der Waals surface area (Å²) in [6, 6.07) is 8.25. The number of aryl methyl sites for hydroxylation is 2. The van der Waals surface area contributed by atoms with Crippen LogP contribution in [0.3, 0.4) is 0 Å². The van der Waals surface area contributed by atoms with Gasteiger partial charge in [-0.05, 0) is 31.0 Å². The quantitative estimate of drug-likeness (QED) is 0.860. The summed E-state index contributed by atoms with van der Waals surface area (Å²) < 4.78 is 0. The lowest BCUT2D eigenvalue weighted by atomic mass is 10.2. The number of anilines is 1. The molecule has 0 fully saturated rings. The Balaban J connectivity index is 2.35. The lowest BCUT2D eigenvalue weighted by Gasteiger charge is -2.09. The van der Waals surface area contributed by atoms with Gasteiger partial charge < -0.3 is 5.73 Å². The number of nitrogens with two attached hydrogens (primary N) is 1. The summed E-state index contributed by atoms with van der Waals surface area (Å²) in [5.74, 6) is 1.61. The highest BCUT2D eigenvalue weighted by atomic mass is 32.2. The fourth-order valence-corrected chi connectivity index (χ4v) is 2.72. The van der Waals surface area contributed by atoms with Crippen molar-refractivity contribution >= 4 is 17.6 Å². The molecule has 1 heterocycles. The van der Waals surface area contributed by atoms with Crippen molar-refractivity contribution < 1.29 is 0 Å². The number of hydrogen-bond donors (Lipinski definition) is 1. The molecule has 1 aromatic carbocycles. The van der Waals surface area contributed by atoms with E-state index in [1.807, 2.05) is 6.07 Å². The van der Waals surface area contributed by atoms with Crippen molar-refractivity contribution in [2.75, 3.05) is 5.73 Å². The third-order valence-corrected chi connectivity index (χ3v) is 3.89. The molecule has 0 atom stereocenters. The average Bonchev–Trinajstić information content (AvgIpc) is 2.33. The molecule has 0 saturated carbocycles. The topological polar surface area (TPSA) is 51.8 Å².